The van der Waals surface area contributed by atoms with E-state index in [1.165, 1.54) is 36.6 Å². The fourth-order valence-electron chi connectivity index (χ4n) is 1.50. The van der Waals surface area contributed by atoms with Crippen LogP contribution < -0.4 is 5.32 Å². The third-order valence-corrected chi connectivity index (χ3v) is 3.71. The fourth-order valence-corrected chi connectivity index (χ4v) is 2.13. The number of hydrogen-bond donors (Lipinski definition) is 1. The smallest absolute Gasteiger partial charge is 0.256 e. The third-order valence-electron chi connectivity index (χ3n) is 2.58. The van der Waals surface area contributed by atoms with Crippen molar-refractivity contribution < 1.29 is 17.7 Å². The second-order valence-corrected chi connectivity index (χ2v) is 6.13. The lowest BCUT2D eigenvalue weighted by atomic mass is 10.1. The van der Waals surface area contributed by atoms with Crippen molar-refractivity contribution in [1.82, 2.24) is 5.16 Å². The largest absolute Gasteiger partial charge is 0.363 e. The standard InChI is InChI=1S/C13H12N2O4S/c1-9(13(16)14-12-7-8-19-15-12)10-3-5-11(6-4-10)20(2,17)18/h3-8H,1H2,2H3,(H,14,15,16). The highest BCUT2D eigenvalue weighted by atomic mass is 32.2. The Morgan fingerprint density at radius 2 is 1.90 bits per heavy atom. The van der Waals surface area contributed by atoms with E-state index in [-0.39, 0.29) is 16.3 Å². The van der Waals surface area contributed by atoms with Gasteiger partial charge in [0.25, 0.3) is 5.91 Å². The number of amides is 1. The van der Waals surface area contributed by atoms with Crippen molar-refractivity contribution in [3.63, 3.8) is 0 Å². The molecule has 2 aromatic rings. The number of carbonyl (C=O) groups excluding carboxylic acids is 1. The van der Waals surface area contributed by atoms with Crippen LogP contribution in [0.2, 0.25) is 0 Å². The van der Waals surface area contributed by atoms with Gasteiger partial charge in [-0.15, -0.1) is 0 Å². The van der Waals surface area contributed by atoms with Gasteiger partial charge in [-0.3, -0.25) is 4.79 Å². The SMILES string of the molecule is C=C(C(=O)Nc1ccon1)c1ccc(S(C)(=O)=O)cc1. The molecule has 0 radical (unpaired) electrons. The summed E-state index contributed by atoms with van der Waals surface area (Å²) in [5, 5.41) is 6.05. The van der Waals surface area contributed by atoms with Crippen LogP contribution in [0.1, 0.15) is 5.56 Å². The first kappa shape index (κ1) is 14.0. The number of aromatic nitrogens is 1. The average molecular weight is 292 g/mol. The van der Waals surface area contributed by atoms with Crippen molar-refractivity contribution in [2.45, 2.75) is 4.90 Å². The summed E-state index contributed by atoms with van der Waals surface area (Å²) in [5.74, 6) is -0.157. The number of benzene rings is 1. The highest BCUT2D eigenvalue weighted by Gasteiger charge is 2.12. The van der Waals surface area contributed by atoms with Crippen LogP contribution in [0.15, 0.2) is 52.6 Å². The lowest BCUT2D eigenvalue weighted by Gasteiger charge is -2.06. The number of rotatable bonds is 4. The number of carbonyl (C=O) groups is 1. The van der Waals surface area contributed by atoms with E-state index in [1.54, 1.807) is 0 Å². The molecule has 1 heterocycles. The Balaban J connectivity index is 2.15. The number of sulfone groups is 1. The maximum Gasteiger partial charge on any atom is 0.256 e. The molecular formula is C13H12N2O4S. The molecule has 0 aliphatic carbocycles. The van der Waals surface area contributed by atoms with Crippen molar-refractivity contribution in [3.8, 4) is 0 Å². The minimum Gasteiger partial charge on any atom is -0.363 e. The lowest BCUT2D eigenvalue weighted by molar-refractivity contribution is -0.111. The van der Waals surface area contributed by atoms with Gasteiger partial charge in [0.05, 0.1) is 4.90 Å². The molecule has 0 saturated carbocycles. The van der Waals surface area contributed by atoms with E-state index in [2.05, 4.69) is 21.6 Å². The van der Waals surface area contributed by atoms with E-state index in [1.807, 2.05) is 0 Å². The Labute approximate surface area is 116 Å². The second-order valence-electron chi connectivity index (χ2n) is 4.11. The first-order valence-electron chi connectivity index (χ1n) is 5.59. The summed E-state index contributed by atoms with van der Waals surface area (Å²) in [4.78, 5) is 12.1. The summed E-state index contributed by atoms with van der Waals surface area (Å²) in [6.45, 7) is 3.68. The van der Waals surface area contributed by atoms with Gasteiger partial charge < -0.3 is 9.84 Å². The molecule has 2 rings (SSSR count). The molecule has 0 aliphatic rings. The van der Waals surface area contributed by atoms with Crippen molar-refractivity contribution in [2.24, 2.45) is 0 Å². The highest BCUT2D eigenvalue weighted by molar-refractivity contribution is 7.90. The zero-order chi connectivity index (χ0) is 14.8. The van der Waals surface area contributed by atoms with E-state index in [0.717, 1.165) is 6.26 Å². The zero-order valence-electron chi connectivity index (χ0n) is 10.7. The molecule has 0 spiro atoms. The van der Waals surface area contributed by atoms with Crippen LogP contribution in [-0.2, 0) is 14.6 Å². The minimum absolute atomic E-state index is 0.186. The summed E-state index contributed by atoms with van der Waals surface area (Å²) in [5.41, 5.74) is 0.728. The molecule has 1 aromatic heterocycles. The zero-order valence-corrected chi connectivity index (χ0v) is 11.5. The number of nitrogens with one attached hydrogen (secondary N) is 1. The van der Waals surface area contributed by atoms with Crippen LogP contribution in [0.5, 0.6) is 0 Å². The predicted octanol–water partition coefficient (Wildman–Crippen LogP) is 1.73. The van der Waals surface area contributed by atoms with Gasteiger partial charge in [-0.05, 0) is 17.7 Å². The molecule has 1 N–H and O–H groups in total. The van der Waals surface area contributed by atoms with Crippen molar-refractivity contribution in [3.05, 3.63) is 48.7 Å². The van der Waals surface area contributed by atoms with Gasteiger partial charge >= 0.3 is 0 Å². The molecule has 1 amide bonds. The van der Waals surface area contributed by atoms with Gasteiger partial charge in [0, 0.05) is 17.9 Å². The van der Waals surface area contributed by atoms with Gasteiger partial charge in [-0.25, -0.2) is 8.42 Å². The molecular weight excluding hydrogens is 280 g/mol. The first-order chi connectivity index (χ1) is 9.38. The molecule has 0 unspecified atom stereocenters. The quantitative estimate of drug-likeness (QED) is 0.867. The maximum atomic E-state index is 11.9. The van der Waals surface area contributed by atoms with Crippen molar-refractivity contribution in [1.29, 1.82) is 0 Å². The van der Waals surface area contributed by atoms with E-state index in [0.29, 0.717) is 5.56 Å². The van der Waals surface area contributed by atoms with Gasteiger partial charge in [0.2, 0.25) is 0 Å². The Bertz CT molecular complexity index is 731. The van der Waals surface area contributed by atoms with Crippen LogP contribution in [0, 0.1) is 0 Å². The van der Waals surface area contributed by atoms with E-state index in [4.69, 9.17) is 0 Å². The van der Waals surface area contributed by atoms with Crippen LogP contribution in [0.4, 0.5) is 5.82 Å². The summed E-state index contributed by atoms with van der Waals surface area (Å²) in [6, 6.07) is 7.42. The maximum absolute atomic E-state index is 11.9. The molecule has 0 saturated heterocycles. The van der Waals surface area contributed by atoms with Gasteiger partial charge in [-0.1, -0.05) is 23.9 Å². The Hall–Kier alpha value is -2.41. The molecule has 0 fully saturated rings. The van der Waals surface area contributed by atoms with E-state index >= 15 is 0 Å². The third kappa shape index (κ3) is 3.12. The highest BCUT2D eigenvalue weighted by Crippen LogP contribution is 2.17. The Morgan fingerprint density at radius 3 is 2.40 bits per heavy atom. The summed E-state index contributed by atoms with van der Waals surface area (Å²) in [7, 11) is -3.26. The van der Waals surface area contributed by atoms with E-state index in [9.17, 15) is 13.2 Å². The predicted molar refractivity (Wildman–Crippen MR) is 73.7 cm³/mol. The van der Waals surface area contributed by atoms with Crippen molar-refractivity contribution >= 4 is 27.1 Å². The molecule has 104 valence electrons. The Morgan fingerprint density at radius 1 is 1.25 bits per heavy atom. The second kappa shape index (κ2) is 5.30. The summed E-state index contributed by atoms with van der Waals surface area (Å²) >= 11 is 0. The number of nitrogens with zero attached hydrogens (tertiary/aromatic N) is 1. The molecule has 0 aliphatic heterocycles. The number of anilines is 1. The molecule has 0 atom stereocenters. The normalized spacial score (nSPS) is 11.1. The molecule has 1 aromatic carbocycles. The number of hydrogen-bond acceptors (Lipinski definition) is 5. The summed E-state index contributed by atoms with van der Waals surface area (Å²) < 4.78 is 27.3. The van der Waals surface area contributed by atoms with Crippen molar-refractivity contribution in [2.75, 3.05) is 11.6 Å². The minimum atomic E-state index is -3.26. The van der Waals surface area contributed by atoms with Gasteiger partial charge in [0.15, 0.2) is 15.7 Å². The van der Waals surface area contributed by atoms with Crippen LogP contribution in [0.25, 0.3) is 5.57 Å². The van der Waals surface area contributed by atoms with Crippen LogP contribution >= 0.6 is 0 Å². The molecule has 6 nitrogen and oxygen atoms in total. The fraction of sp³-hybridized carbons (Fsp3) is 0.0769. The molecule has 7 heteroatoms. The molecule has 0 bridgehead atoms. The first-order valence-corrected chi connectivity index (χ1v) is 7.48. The summed E-state index contributed by atoms with van der Waals surface area (Å²) in [6.07, 6.45) is 2.45. The Kier molecular flexibility index (Phi) is 3.71. The van der Waals surface area contributed by atoms with Crippen LogP contribution in [0.3, 0.4) is 0 Å². The van der Waals surface area contributed by atoms with Gasteiger partial charge in [-0.2, -0.15) is 0 Å². The molecule has 20 heavy (non-hydrogen) atoms. The average Bonchev–Trinajstić information content (AvgIpc) is 2.90. The van der Waals surface area contributed by atoms with Crippen LogP contribution in [-0.4, -0.2) is 25.7 Å². The lowest BCUT2D eigenvalue weighted by Crippen LogP contribution is -2.13. The van der Waals surface area contributed by atoms with Gasteiger partial charge in [0.1, 0.15) is 6.26 Å². The topological polar surface area (TPSA) is 89.3 Å². The van der Waals surface area contributed by atoms with E-state index < -0.39 is 15.7 Å². The monoisotopic (exact) mass is 292 g/mol.